The Kier molecular flexibility index (Phi) is 5.83. The van der Waals surface area contributed by atoms with Crippen molar-refractivity contribution in [1.29, 1.82) is 0 Å². The van der Waals surface area contributed by atoms with Crippen LogP contribution < -0.4 is 14.8 Å². The monoisotopic (exact) mass is 265 g/mol. The Hall–Kier alpha value is -1.55. The topological polar surface area (TPSA) is 47.6 Å². The second-order valence-corrected chi connectivity index (χ2v) is 4.54. The summed E-state index contributed by atoms with van der Waals surface area (Å²) in [5.74, 6) is 1.48. The van der Waals surface area contributed by atoms with Crippen LogP contribution in [-0.4, -0.2) is 33.6 Å². The zero-order chi connectivity index (χ0) is 14.4. The minimum Gasteiger partial charge on any atom is -0.496 e. The number of ketones is 1. The number of ether oxygens (including phenoxy) is 2. The van der Waals surface area contributed by atoms with Gasteiger partial charge in [0.25, 0.3) is 0 Å². The largest absolute Gasteiger partial charge is 0.496 e. The van der Waals surface area contributed by atoms with Gasteiger partial charge in [-0.25, -0.2) is 0 Å². The predicted octanol–water partition coefficient (Wildman–Crippen LogP) is 2.50. The summed E-state index contributed by atoms with van der Waals surface area (Å²) in [6.07, 6.45) is 1.32. The number of benzene rings is 1. The second kappa shape index (κ2) is 7.14. The highest BCUT2D eigenvalue weighted by atomic mass is 16.5. The molecule has 0 aromatic heterocycles. The molecule has 0 saturated carbocycles. The van der Waals surface area contributed by atoms with Crippen LogP contribution in [-0.2, 0) is 0 Å². The summed E-state index contributed by atoms with van der Waals surface area (Å²) in [6, 6.07) is 1.78. The molecule has 1 rings (SSSR count). The van der Waals surface area contributed by atoms with Crippen molar-refractivity contribution < 1.29 is 14.3 Å². The zero-order valence-electron chi connectivity index (χ0n) is 12.4. The highest BCUT2D eigenvalue weighted by Crippen LogP contribution is 2.34. The van der Waals surface area contributed by atoms with Crippen molar-refractivity contribution in [3.63, 3.8) is 0 Å². The number of hydrogen-bond donors (Lipinski definition) is 1. The smallest absolute Gasteiger partial charge is 0.166 e. The second-order valence-electron chi connectivity index (χ2n) is 4.54. The first-order chi connectivity index (χ1) is 9.06. The Morgan fingerprint density at radius 3 is 2.42 bits per heavy atom. The van der Waals surface area contributed by atoms with E-state index in [0.717, 1.165) is 29.8 Å². The lowest BCUT2D eigenvalue weighted by atomic mass is 9.98. The molecule has 0 amide bonds. The normalized spacial score (nSPS) is 10.4. The first kappa shape index (κ1) is 15.5. The van der Waals surface area contributed by atoms with E-state index in [0.29, 0.717) is 17.7 Å². The van der Waals surface area contributed by atoms with Crippen LogP contribution in [0.2, 0.25) is 0 Å². The van der Waals surface area contributed by atoms with E-state index in [4.69, 9.17) is 9.47 Å². The number of carbonyl (C=O) groups is 1. The van der Waals surface area contributed by atoms with Crippen LogP contribution in [0.3, 0.4) is 0 Å². The first-order valence-corrected chi connectivity index (χ1v) is 6.46. The van der Waals surface area contributed by atoms with E-state index >= 15 is 0 Å². The molecular formula is C15H23NO3. The molecule has 1 aromatic rings. The van der Waals surface area contributed by atoms with Gasteiger partial charge in [0, 0.05) is 6.42 Å². The van der Waals surface area contributed by atoms with E-state index in [-0.39, 0.29) is 5.78 Å². The third kappa shape index (κ3) is 3.47. The van der Waals surface area contributed by atoms with Crippen molar-refractivity contribution in [3.05, 3.63) is 22.8 Å². The first-order valence-electron chi connectivity index (χ1n) is 6.46. The van der Waals surface area contributed by atoms with Crippen molar-refractivity contribution in [2.75, 3.05) is 27.8 Å². The van der Waals surface area contributed by atoms with Gasteiger partial charge in [0.1, 0.15) is 11.5 Å². The fourth-order valence-corrected chi connectivity index (χ4v) is 2.10. The van der Waals surface area contributed by atoms with Crippen LogP contribution in [0.5, 0.6) is 11.5 Å². The molecule has 0 spiro atoms. The molecular weight excluding hydrogens is 242 g/mol. The Balaban J connectivity index is 3.11. The van der Waals surface area contributed by atoms with Gasteiger partial charge in [-0.3, -0.25) is 4.79 Å². The molecule has 0 radical (unpaired) electrons. The van der Waals surface area contributed by atoms with Gasteiger partial charge in [0.05, 0.1) is 19.8 Å². The third-order valence-electron chi connectivity index (χ3n) is 3.35. The molecule has 4 nitrogen and oxygen atoms in total. The third-order valence-corrected chi connectivity index (χ3v) is 3.35. The minimum absolute atomic E-state index is 0.0912. The van der Waals surface area contributed by atoms with Crippen LogP contribution in [0.25, 0.3) is 0 Å². The molecule has 0 heterocycles. The van der Waals surface area contributed by atoms with Gasteiger partial charge in [-0.1, -0.05) is 0 Å². The van der Waals surface area contributed by atoms with E-state index in [1.807, 2.05) is 20.9 Å². The summed E-state index contributed by atoms with van der Waals surface area (Å²) in [7, 11) is 5.09. The Labute approximate surface area is 115 Å². The van der Waals surface area contributed by atoms with E-state index < -0.39 is 0 Å². The van der Waals surface area contributed by atoms with Gasteiger partial charge >= 0.3 is 0 Å². The van der Waals surface area contributed by atoms with Gasteiger partial charge in [-0.05, 0) is 51.1 Å². The maximum Gasteiger partial charge on any atom is 0.166 e. The minimum atomic E-state index is 0.0912. The summed E-state index contributed by atoms with van der Waals surface area (Å²) in [5, 5.41) is 3.04. The van der Waals surface area contributed by atoms with Crippen LogP contribution >= 0.6 is 0 Å². The van der Waals surface area contributed by atoms with Gasteiger partial charge < -0.3 is 14.8 Å². The lowest BCUT2D eigenvalue weighted by Crippen LogP contribution is -2.11. The number of carbonyl (C=O) groups excluding carboxylic acids is 1. The molecule has 0 bridgehead atoms. The van der Waals surface area contributed by atoms with Gasteiger partial charge in [0.2, 0.25) is 0 Å². The van der Waals surface area contributed by atoms with E-state index in [1.54, 1.807) is 20.3 Å². The molecule has 0 atom stereocenters. The molecule has 1 N–H and O–H groups in total. The van der Waals surface area contributed by atoms with Crippen molar-refractivity contribution >= 4 is 5.78 Å². The van der Waals surface area contributed by atoms with E-state index in [2.05, 4.69) is 5.32 Å². The highest BCUT2D eigenvalue weighted by Gasteiger charge is 2.18. The molecule has 106 valence electrons. The average Bonchev–Trinajstić information content (AvgIpc) is 2.41. The lowest BCUT2D eigenvalue weighted by molar-refractivity contribution is 0.0976. The summed E-state index contributed by atoms with van der Waals surface area (Å²) < 4.78 is 10.7. The van der Waals surface area contributed by atoms with Gasteiger partial charge in [0.15, 0.2) is 5.78 Å². The Morgan fingerprint density at radius 1 is 1.21 bits per heavy atom. The number of Topliss-reactive ketones (excluding diaryl/α,β-unsaturated/α-hetero) is 1. The molecule has 0 saturated heterocycles. The van der Waals surface area contributed by atoms with Crippen molar-refractivity contribution in [1.82, 2.24) is 5.32 Å². The fourth-order valence-electron chi connectivity index (χ4n) is 2.10. The van der Waals surface area contributed by atoms with Crippen molar-refractivity contribution in [3.8, 4) is 11.5 Å². The summed E-state index contributed by atoms with van der Waals surface area (Å²) in [6.45, 7) is 4.74. The van der Waals surface area contributed by atoms with Crippen molar-refractivity contribution in [2.24, 2.45) is 0 Å². The fraction of sp³-hybridized carbons (Fsp3) is 0.533. The lowest BCUT2D eigenvalue weighted by Gasteiger charge is -2.16. The van der Waals surface area contributed by atoms with Gasteiger partial charge in [-0.15, -0.1) is 0 Å². The molecule has 19 heavy (non-hydrogen) atoms. The quantitative estimate of drug-likeness (QED) is 0.608. The number of rotatable bonds is 7. The maximum absolute atomic E-state index is 12.3. The summed E-state index contributed by atoms with van der Waals surface area (Å²) >= 11 is 0. The molecule has 1 aromatic carbocycles. The van der Waals surface area contributed by atoms with Gasteiger partial charge in [-0.2, -0.15) is 0 Å². The molecule has 0 aliphatic rings. The maximum atomic E-state index is 12.3. The van der Waals surface area contributed by atoms with Crippen LogP contribution in [0.4, 0.5) is 0 Å². The Bertz CT molecular complexity index is 455. The molecule has 0 aliphatic carbocycles. The summed E-state index contributed by atoms with van der Waals surface area (Å²) in [4.78, 5) is 12.3. The summed E-state index contributed by atoms with van der Waals surface area (Å²) in [5.41, 5.74) is 2.57. The van der Waals surface area contributed by atoms with E-state index in [1.165, 1.54) is 0 Å². The Morgan fingerprint density at radius 2 is 1.89 bits per heavy atom. The zero-order valence-corrected chi connectivity index (χ0v) is 12.4. The SMILES string of the molecule is CNCCCC(=O)c1cc(OC)c(C)c(C)c1OC. The van der Waals surface area contributed by atoms with Crippen LogP contribution in [0.15, 0.2) is 6.07 Å². The van der Waals surface area contributed by atoms with Crippen LogP contribution in [0, 0.1) is 13.8 Å². The van der Waals surface area contributed by atoms with Crippen LogP contribution in [0.1, 0.15) is 34.3 Å². The highest BCUT2D eigenvalue weighted by molar-refractivity contribution is 5.99. The number of nitrogens with one attached hydrogen (secondary N) is 1. The van der Waals surface area contributed by atoms with Crippen molar-refractivity contribution in [2.45, 2.75) is 26.7 Å². The molecule has 0 aliphatic heterocycles. The van der Waals surface area contributed by atoms with E-state index in [9.17, 15) is 4.79 Å². The number of methoxy groups -OCH3 is 2. The molecule has 0 fully saturated rings. The number of hydrogen-bond acceptors (Lipinski definition) is 4. The standard InChI is InChI=1S/C15H23NO3/c1-10-11(2)15(19-5)12(9-14(10)18-4)13(17)7-6-8-16-3/h9,16H,6-8H2,1-5H3. The molecule has 0 unspecified atom stereocenters. The molecule has 4 heteroatoms. The predicted molar refractivity (Wildman–Crippen MR) is 76.5 cm³/mol. The average molecular weight is 265 g/mol.